The van der Waals surface area contributed by atoms with Gasteiger partial charge in [0.2, 0.25) is 0 Å². The van der Waals surface area contributed by atoms with Crippen LogP contribution in [-0.4, -0.2) is 17.6 Å². The number of hydrogen-bond donors (Lipinski definition) is 2. The number of aliphatic hydroxyl groups is 1. The van der Waals surface area contributed by atoms with Gasteiger partial charge in [-0.2, -0.15) is 0 Å². The molecule has 0 aliphatic rings. The van der Waals surface area contributed by atoms with E-state index >= 15 is 0 Å². The third-order valence-corrected chi connectivity index (χ3v) is 3.15. The van der Waals surface area contributed by atoms with Crippen LogP contribution in [0.25, 0.3) is 0 Å². The first-order valence-corrected chi connectivity index (χ1v) is 6.69. The molecular weight excluding hydrogens is 310 g/mol. The smallest absolute Gasteiger partial charge is 0.254 e. The average Bonchev–Trinajstić information content (AvgIpc) is 2.86. The number of carbonyl (C=O) groups is 1. The van der Waals surface area contributed by atoms with Crippen LogP contribution in [0.3, 0.4) is 0 Å². The van der Waals surface area contributed by atoms with Gasteiger partial charge in [0.15, 0.2) is 4.67 Å². The number of hydrogen-bond acceptors (Lipinski definition) is 3. The summed E-state index contributed by atoms with van der Waals surface area (Å²) >= 11 is 3.15. The molecule has 0 unspecified atom stereocenters. The van der Waals surface area contributed by atoms with Gasteiger partial charge in [0.05, 0.1) is 12.2 Å². The van der Waals surface area contributed by atoms with Crippen molar-refractivity contribution in [2.24, 2.45) is 0 Å². The van der Waals surface area contributed by atoms with Crippen molar-refractivity contribution >= 4 is 21.8 Å². The molecule has 1 aromatic carbocycles. The zero-order valence-electron chi connectivity index (χ0n) is 10.2. The molecule has 0 fully saturated rings. The van der Waals surface area contributed by atoms with Crippen molar-refractivity contribution in [2.45, 2.75) is 13.0 Å². The summed E-state index contributed by atoms with van der Waals surface area (Å²) in [5.74, 6) is -0.151. The lowest BCUT2D eigenvalue weighted by Gasteiger charge is -2.04. The van der Waals surface area contributed by atoms with Crippen LogP contribution in [0.1, 0.15) is 21.5 Å². The Morgan fingerprint density at radius 1 is 1.26 bits per heavy atom. The van der Waals surface area contributed by atoms with Gasteiger partial charge in [0.25, 0.3) is 5.91 Å². The van der Waals surface area contributed by atoms with E-state index in [4.69, 9.17) is 9.52 Å². The SMILES string of the molecule is O=C(NCCc1ccc(CO)cc1)c1coc(Br)c1. The maximum Gasteiger partial charge on any atom is 0.254 e. The molecule has 1 heterocycles. The summed E-state index contributed by atoms with van der Waals surface area (Å²) in [4.78, 5) is 11.7. The predicted molar refractivity (Wildman–Crippen MR) is 74.8 cm³/mol. The number of rotatable bonds is 5. The zero-order valence-corrected chi connectivity index (χ0v) is 11.8. The highest BCUT2D eigenvalue weighted by Gasteiger charge is 2.08. The van der Waals surface area contributed by atoms with E-state index in [2.05, 4.69) is 21.2 Å². The standard InChI is InChI=1S/C14H14BrNO3/c15-13-7-12(9-19-13)14(18)16-6-5-10-1-3-11(8-17)4-2-10/h1-4,7,9,17H,5-6,8H2,(H,16,18). The van der Waals surface area contributed by atoms with E-state index in [0.717, 1.165) is 17.5 Å². The number of benzene rings is 1. The Labute approximate surface area is 119 Å². The lowest BCUT2D eigenvalue weighted by molar-refractivity contribution is 0.0953. The van der Waals surface area contributed by atoms with Gasteiger partial charge in [-0.25, -0.2) is 0 Å². The van der Waals surface area contributed by atoms with Gasteiger partial charge in [-0.3, -0.25) is 4.79 Å². The van der Waals surface area contributed by atoms with Crippen molar-refractivity contribution in [3.8, 4) is 0 Å². The summed E-state index contributed by atoms with van der Waals surface area (Å²) in [5, 5.41) is 11.8. The molecule has 1 aromatic heterocycles. The van der Waals surface area contributed by atoms with Crippen molar-refractivity contribution in [1.29, 1.82) is 0 Å². The predicted octanol–water partition coefficient (Wildman–Crippen LogP) is 2.51. The molecule has 5 heteroatoms. The Kier molecular flexibility index (Phi) is 4.76. The second-order valence-electron chi connectivity index (χ2n) is 4.12. The van der Waals surface area contributed by atoms with Gasteiger partial charge >= 0.3 is 0 Å². The van der Waals surface area contributed by atoms with Crippen molar-refractivity contribution in [3.63, 3.8) is 0 Å². The average molecular weight is 324 g/mol. The Hall–Kier alpha value is -1.59. The number of halogens is 1. The first-order chi connectivity index (χ1) is 9.19. The van der Waals surface area contributed by atoms with Crippen LogP contribution in [0.4, 0.5) is 0 Å². The molecule has 2 N–H and O–H groups in total. The van der Waals surface area contributed by atoms with Crippen LogP contribution in [0.15, 0.2) is 45.7 Å². The van der Waals surface area contributed by atoms with Gasteiger partial charge in [0.1, 0.15) is 6.26 Å². The molecule has 100 valence electrons. The molecule has 2 aromatic rings. The van der Waals surface area contributed by atoms with E-state index in [1.165, 1.54) is 6.26 Å². The van der Waals surface area contributed by atoms with Crippen molar-refractivity contribution < 1.29 is 14.3 Å². The summed E-state index contributed by atoms with van der Waals surface area (Å²) in [6.45, 7) is 0.604. The molecule has 0 saturated heterocycles. The highest BCUT2D eigenvalue weighted by atomic mass is 79.9. The van der Waals surface area contributed by atoms with E-state index in [-0.39, 0.29) is 12.5 Å². The van der Waals surface area contributed by atoms with Crippen molar-refractivity contribution in [2.75, 3.05) is 6.54 Å². The first kappa shape index (κ1) is 13.8. The molecular formula is C14H14BrNO3. The van der Waals surface area contributed by atoms with Crippen LogP contribution >= 0.6 is 15.9 Å². The highest BCUT2D eigenvalue weighted by Crippen LogP contribution is 2.13. The second-order valence-corrected chi connectivity index (χ2v) is 4.90. The Bertz CT molecular complexity index is 548. The zero-order chi connectivity index (χ0) is 13.7. The molecule has 2 rings (SSSR count). The van der Waals surface area contributed by atoms with E-state index in [1.54, 1.807) is 6.07 Å². The fourth-order valence-corrected chi connectivity index (χ4v) is 2.00. The quantitative estimate of drug-likeness (QED) is 0.888. The number of amides is 1. The van der Waals surface area contributed by atoms with Gasteiger partial charge in [-0.15, -0.1) is 0 Å². The minimum absolute atomic E-state index is 0.0480. The summed E-state index contributed by atoms with van der Waals surface area (Å²) < 4.78 is 5.55. The van der Waals surface area contributed by atoms with Crippen LogP contribution in [-0.2, 0) is 13.0 Å². The minimum atomic E-state index is -0.151. The maximum absolute atomic E-state index is 11.7. The molecule has 4 nitrogen and oxygen atoms in total. The van der Waals surface area contributed by atoms with Crippen LogP contribution in [0.5, 0.6) is 0 Å². The van der Waals surface area contributed by atoms with Gasteiger partial charge in [-0.1, -0.05) is 24.3 Å². The van der Waals surface area contributed by atoms with E-state index < -0.39 is 0 Å². The Morgan fingerprint density at radius 2 is 1.95 bits per heavy atom. The minimum Gasteiger partial charge on any atom is -0.457 e. The Morgan fingerprint density at radius 3 is 2.53 bits per heavy atom. The van der Waals surface area contributed by atoms with Crippen LogP contribution in [0.2, 0.25) is 0 Å². The molecule has 0 saturated carbocycles. The summed E-state index contributed by atoms with van der Waals surface area (Å²) in [7, 11) is 0. The monoisotopic (exact) mass is 323 g/mol. The van der Waals surface area contributed by atoms with E-state index in [9.17, 15) is 4.79 Å². The number of nitrogens with one attached hydrogen (secondary N) is 1. The van der Waals surface area contributed by atoms with Gasteiger partial charge in [0, 0.05) is 12.6 Å². The topological polar surface area (TPSA) is 62.5 Å². The Balaban J connectivity index is 1.81. The third-order valence-electron chi connectivity index (χ3n) is 2.73. The number of carbonyl (C=O) groups excluding carboxylic acids is 1. The number of furan rings is 1. The van der Waals surface area contributed by atoms with Gasteiger partial charge in [-0.05, 0) is 33.5 Å². The maximum atomic E-state index is 11.7. The molecule has 0 aliphatic heterocycles. The first-order valence-electron chi connectivity index (χ1n) is 5.90. The molecule has 0 aliphatic carbocycles. The third kappa shape index (κ3) is 3.94. The molecule has 0 bridgehead atoms. The molecule has 1 amide bonds. The lowest BCUT2D eigenvalue weighted by Crippen LogP contribution is -2.25. The lowest BCUT2D eigenvalue weighted by atomic mass is 10.1. The van der Waals surface area contributed by atoms with Crippen LogP contribution in [0, 0.1) is 0 Å². The fraction of sp³-hybridized carbons (Fsp3) is 0.214. The number of aliphatic hydroxyl groups excluding tert-OH is 1. The van der Waals surface area contributed by atoms with Gasteiger partial charge < -0.3 is 14.8 Å². The fourth-order valence-electron chi connectivity index (χ4n) is 1.66. The van der Waals surface area contributed by atoms with E-state index in [1.807, 2.05) is 24.3 Å². The highest BCUT2D eigenvalue weighted by molar-refractivity contribution is 9.10. The largest absolute Gasteiger partial charge is 0.457 e. The summed E-state index contributed by atoms with van der Waals surface area (Å²) in [5.41, 5.74) is 2.50. The molecule has 19 heavy (non-hydrogen) atoms. The van der Waals surface area contributed by atoms with Crippen molar-refractivity contribution in [3.05, 3.63) is 58.0 Å². The van der Waals surface area contributed by atoms with Crippen LogP contribution < -0.4 is 5.32 Å². The molecule has 0 spiro atoms. The van der Waals surface area contributed by atoms with Crippen molar-refractivity contribution in [1.82, 2.24) is 5.32 Å². The molecule has 0 radical (unpaired) electrons. The molecule has 0 atom stereocenters. The second kappa shape index (κ2) is 6.54. The van der Waals surface area contributed by atoms with E-state index in [0.29, 0.717) is 16.8 Å². The normalized spacial score (nSPS) is 10.4. The summed E-state index contributed by atoms with van der Waals surface area (Å²) in [6.07, 6.45) is 2.16. The summed E-state index contributed by atoms with van der Waals surface area (Å²) in [6, 6.07) is 9.29.